The third-order valence-corrected chi connectivity index (χ3v) is 4.89. The summed E-state index contributed by atoms with van der Waals surface area (Å²) in [5.41, 5.74) is 6.47. The van der Waals surface area contributed by atoms with E-state index in [4.69, 9.17) is 5.84 Å². The molecule has 1 saturated carbocycles. The average molecular weight is 244 g/mol. The van der Waals surface area contributed by atoms with E-state index in [0.717, 1.165) is 17.8 Å². The van der Waals surface area contributed by atoms with Crippen LogP contribution in [0.3, 0.4) is 0 Å². The van der Waals surface area contributed by atoms with Gasteiger partial charge in [0.25, 0.3) is 0 Å². The van der Waals surface area contributed by atoms with Gasteiger partial charge in [-0.3, -0.25) is 11.3 Å². The quantitative estimate of drug-likeness (QED) is 0.620. The molecule has 98 valence electrons. The molecule has 2 heteroatoms. The van der Waals surface area contributed by atoms with Gasteiger partial charge in [0.05, 0.1) is 0 Å². The number of hydrazine groups is 1. The van der Waals surface area contributed by atoms with Crippen molar-refractivity contribution in [1.82, 2.24) is 5.43 Å². The normalized spacial score (nSPS) is 31.4. The monoisotopic (exact) mass is 244 g/mol. The molecule has 3 N–H and O–H groups in total. The summed E-state index contributed by atoms with van der Waals surface area (Å²) in [5, 5.41) is 0. The van der Waals surface area contributed by atoms with Crippen molar-refractivity contribution in [1.29, 1.82) is 0 Å². The summed E-state index contributed by atoms with van der Waals surface area (Å²) in [6.07, 6.45) is 2.58. The van der Waals surface area contributed by atoms with E-state index < -0.39 is 0 Å². The molecule has 0 radical (unpaired) electrons. The van der Waals surface area contributed by atoms with Crippen molar-refractivity contribution in [3.63, 3.8) is 0 Å². The van der Waals surface area contributed by atoms with Gasteiger partial charge in [-0.2, -0.15) is 0 Å². The molecule has 1 fully saturated rings. The van der Waals surface area contributed by atoms with Crippen LogP contribution in [0.5, 0.6) is 0 Å². The Bertz CT molecular complexity index is 447. The van der Waals surface area contributed by atoms with E-state index in [2.05, 4.69) is 50.5 Å². The van der Waals surface area contributed by atoms with Crippen LogP contribution >= 0.6 is 0 Å². The van der Waals surface area contributed by atoms with Gasteiger partial charge in [-0.25, -0.2) is 0 Å². The summed E-state index contributed by atoms with van der Waals surface area (Å²) in [6, 6.07) is 9.38. The molecule has 4 atom stereocenters. The highest BCUT2D eigenvalue weighted by molar-refractivity contribution is 5.40. The Labute approximate surface area is 110 Å². The summed E-state index contributed by atoms with van der Waals surface area (Å²) >= 11 is 0. The maximum absolute atomic E-state index is 5.82. The molecule has 2 aliphatic carbocycles. The van der Waals surface area contributed by atoms with E-state index in [1.165, 1.54) is 12.8 Å². The molecule has 0 heterocycles. The van der Waals surface area contributed by atoms with Crippen LogP contribution in [0.2, 0.25) is 0 Å². The van der Waals surface area contributed by atoms with Crippen LogP contribution in [0, 0.1) is 17.3 Å². The SMILES string of the molecule is CC(C)(C)C(NN)C1C2CCc3ccccc3C21. The lowest BCUT2D eigenvalue weighted by Crippen LogP contribution is -2.46. The summed E-state index contributed by atoms with van der Waals surface area (Å²) in [7, 11) is 0. The predicted molar refractivity (Wildman–Crippen MR) is 75.1 cm³/mol. The standard InChI is InChI=1S/C16H24N2/c1-16(2,3)15(18-17)14-12-9-8-10-6-4-5-7-11(10)13(12)14/h4-7,12-15,18H,8-9,17H2,1-3H3. The van der Waals surface area contributed by atoms with E-state index >= 15 is 0 Å². The van der Waals surface area contributed by atoms with Crippen LogP contribution in [0.1, 0.15) is 44.2 Å². The molecular formula is C16H24N2. The molecule has 0 bridgehead atoms. The van der Waals surface area contributed by atoms with Crippen molar-refractivity contribution in [3.05, 3.63) is 35.4 Å². The first-order chi connectivity index (χ1) is 8.54. The van der Waals surface area contributed by atoms with E-state index in [1.54, 1.807) is 11.1 Å². The van der Waals surface area contributed by atoms with Gasteiger partial charge in [0, 0.05) is 6.04 Å². The molecule has 0 aromatic heterocycles. The van der Waals surface area contributed by atoms with Crippen molar-refractivity contribution in [2.45, 2.75) is 45.6 Å². The van der Waals surface area contributed by atoms with Crippen LogP contribution in [0.15, 0.2) is 24.3 Å². The molecule has 0 amide bonds. The topological polar surface area (TPSA) is 38.0 Å². The number of rotatable bonds is 2. The lowest BCUT2D eigenvalue weighted by atomic mass is 9.83. The highest BCUT2D eigenvalue weighted by Crippen LogP contribution is 2.62. The fourth-order valence-corrected chi connectivity index (χ4v) is 4.01. The van der Waals surface area contributed by atoms with E-state index in [9.17, 15) is 0 Å². The highest BCUT2D eigenvalue weighted by atomic mass is 15.2. The van der Waals surface area contributed by atoms with Crippen LogP contribution in [0.25, 0.3) is 0 Å². The second-order valence-electron chi connectivity index (χ2n) is 7.01. The van der Waals surface area contributed by atoms with Gasteiger partial charge in [0.15, 0.2) is 0 Å². The average Bonchev–Trinajstić information content (AvgIpc) is 3.03. The van der Waals surface area contributed by atoms with Crippen LogP contribution in [-0.2, 0) is 6.42 Å². The van der Waals surface area contributed by atoms with Crippen molar-refractivity contribution in [3.8, 4) is 0 Å². The van der Waals surface area contributed by atoms with Crippen LogP contribution in [0.4, 0.5) is 0 Å². The number of nitrogens with two attached hydrogens (primary N) is 1. The maximum Gasteiger partial charge on any atom is 0.0296 e. The number of benzene rings is 1. The van der Waals surface area contributed by atoms with Gasteiger partial charge in [-0.05, 0) is 47.1 Å². The fraction of sp³-hybridized carbons (Fsp3) is 0.625. The van der Waals surface area contributed by atoms with Crippen molar-refractivity contribution >= 4 is 0 Å². The summed E-state index contributed by atoms with van der Waals surface area (Å²) in [4.78, 5) is 0. The first kappa shape index (κ1) is 12.2. The molecule has 0 saturated heterocycles. The van der Waals surface area contributed by atoms with Crippen molar-refractivity contribution in [2.24, 2.45) is 23.1 Å². The second kappa shape index (κ2) is 4.07. The summed E-state index contributed by atoms with van der Waals surface area (Å²) < 4.78 is 0. The van der Waals surface area contributed by atoms with E-state index in [1.807, 2.05) is 0 Å². The van der Waals surface area contributed by atoms with Crippen LogP contribution < -0.4 is 11.3 Å². The minimum Gasteiger partial charge on any atom is -0.271 e. The minimum atomic E-state index is 0.228. The minimum absolute atomic E-state index is 0.228. The zero-order valence-electron chi connectivity index (χ0n) is 11.6. The molecule has 1 aromatic carbocycles. The van der Waals surface area contributed by atoms with Gasteiger partial charge in [-0.1, -0.05) is 45.0 Å². The molecule has 2 aliphatic rings. The van der Waals surface area contributed by atoms with Crippen LogP contribution in [-0.4, -0.2) is 6.04 Å². The Balaban J connectivity index is 1.88. The third kappa shape index (κ3) is 1.79. The third-order valence-electron chi connectivity index (χ3n) is 4.89. The second-order valence-corrected chi connectivity index (χ2v) is 7.01. The van der Waals surface area contributed by atoms with Gasteiger partial charge in [-0.15, -0.1) is 0 Å². The van der Waals surface area contributed by atoms with Crippen molar-refractivity contribution < 1.29 is 0 Å². The Morgan fingerprint density at radius 3 is 2.67 bits per heavy atom. The molecular weight excluding hydrogens is 220 g/mol. The number of fused-ring (bicyclic) bond motifs is 3. The number of hydrogen-bond donors (Lipinski definition) is 2. The van der Waals surface area contributed by atoms with E-state index in [0.29, 0.717) is 6.04 Å². The zero-order chi connectivity index (χ0) is 12.9. The maximum atomic E-state index is 5.82. The molecule has 4 unspecified atom stereocenters. The molecule has 2 nitrogen and oxygen atoms in total. The molecule has 1 aromatic rings. The van der Waals surface area contributed by atoms with Gasteiger partial charge in [0.1, 0.15) is 0 Å². The first-order valence-corrected chi connectivity index (χ1v) is 7.08. The zero-order valence-corrected chi connectivity index (χ0v) is 11.6. The molecule has 0 spiro atoms. The highest BCUT2D eigenvalue weighted by Gasteiger charge is 2.58. The lowest BCUT2D eigenvalue weighted by Gasteiger charge is -2.30. The Hall–Kier alpha value is -0.860. The van der Waals surface area contributed by atoms with Gasteiger partial charge >= 0.3 is 0 Å². The first-order valence-electron chi connectivity index (χ1n) is 7.08. The van der Waals surface area contributed by atoms with Gasteiger partial charge in [0.2, 0.25) is 0 Å². The predicted octanol–water partition coefficient (Wildman–Crippen LogP) is 2.84. The Morgan fingerprint density at radius 2 is 2.00 bits per heavy atom. The summed E-state index contributed by atoms with van der Waals surface area (Å²) in [5.74, 6) is 8.14. The van der Waals surface area contributed by atoms with Crippen molar-refractivity contribution in [2.75, 3.05) is 0 Å². The molecule has 18 heavy (non-hydrogen) atoms. The van der Waals surface area contributed by atoms with E-state index in [-0.39, 0.29) is 5.41 Å². The number of aryl methyl sites for hydroxylation is 1. The molecule has 0 aliphatic heterocycles. The number of hydrogen-bond acceptors (Lipinski definition) is 2. The Morgan fingerprint density at radius 1 is 1.28 bits per heavy atom. The lowest BCUT2D eigenvalue weighted by molar-refractivity contribution is 0.233. The largest absolute Gasteiger partial charge is 0.271 e. The smallest absolute Gasteiger partial charge is 0.0296 e. The number of nitrogens with one attached hydrogen (secondary N) is 1. The fourth-order valence-electron chi connectivity index (χ4n) is 4.01. The molecule has 3 rings (SSSR count). The van der Waals surface area contributed by atoms with Gasteiger partial charge < -0.3 is 0 Å². The summed E-state index contributed by atoms with van der Waals surface area (Å²) in [6.45, 7) is 6.86. The Kier molecular flexibility index (Phi) is 2.76.